The van der Waals surface area contributed by atoms with E-state index in [1.807, 2.05) is 0 Å². The maximum absolute atomic E-state index is 2.50. The van der Waals surface area contributed by atoms with Crippen molar-refractivity contribution in [1.29, 1.82) is 0 Å². The van der Waals surface area contributed by atoms with Crippen molar-refractivity contribution in [3.05, 3.63) is 265 Å². The highest BCUT2D eigenvalue weighted by molar-refractivity contribution is 6.12. The minimum absolute atomic E-state index is 0.543. The Morgan fingerprint density at radius 2 is 0.738 bits per heavy atom. The van der Waals surface area contributed by atoms with Crippen LogP contribution < -0.4 is 9.80 Å². The van der Waals surface area contributed by atoms with Gasteiger partial charge in [-0.2, -0.15) is 0 Å². The molecule has 1 spiro atoms. The van der Waals surface area contributed by atoms with Crippen molar-refractivity contribution in [2.75, 3.05) is 9.80 Å². The molecule has 12 rings (SSSR count). The van der Waals surface area contributed by atoms with Gasteiger partial charge in [-0.05, 0) is 122 Å². The van der Waals surface area contributed by atoms with E-state index in [9.17, 15) is 0 Å². The highest BCUT2D eigenvalue weighted by Crippen LogP contribution is 2.66. The summed E-state index contributed by atoms with van der Waals surface area (Å²) in [6.45, 7) is 0. The predicted molar refractivity (Wildman–Crippen MR) is 255 cm³/mol. The van der Waals surface area contributed by atoms with Crippen molar-refractivity contribution in [3.63, 3.8) is 0 Å². The minimum atomic E-state index is -0.543. The largest absolute Gasteiger partial charge is 0.310 e. The third-order valence-corrected chi connectivity index (χ3v) is 12.8. The number of rotatable bonds is 7. The van der Waals surface area contributed by atoms with Gasteiger partial charge >= 0.3 is 0 Å². The summed E-state index contributed by atoms with van der Waals surface area (Å²) in [6, 6.07) is 89.0. The highest BCUT2D eigenvalue weighted by atomic mass is 15.2. The molecule has 0 heterocycles. The Kier molecular flexibility index (Phi) is 8.11. The van der Waals surface area contributed by atoms with Crippen LogP contribution in [-0.4, -0.2) is 0 Å². The van der Waals surface area contributed by atoms with Crippen LogP contribution in [0.3, 0.4) is 0 Å². The first-order chi connectivity index (χ1) is 30.3. The molecule has 0 bridgehead atoms. The van der Waals surface area contributed by atoms with Crippen LogP contribution in [0.2, 0.25) is 0 Å². The number of hydrogen-bond acceptors (Lipinski definition) is 2. The molecule has 2 aliphatic carbocycles. The van der Waals surface area contributed by atoms with Crippen LogP contribution in [0, 0.1) is 0 Å². The number of fused-ring (bicyclic) bond motifs is 11. The first kappa shape index (κ1) is 35.0. The Hall–Kier alpha value is -7.94. The first-order valence-electron chi connectivity index (χ1n) is 21.1. The third kappa shape index (κ3) is 5.36. The Morgan fingerprint density at radius 3 is 1.39 bits per heavy atom. The van der Waals surface area contributed by atoms with Crippen LogP contribution in [0.5, 0.6) is 0 Å². The second-order valence-corrected chi connectivity index (χ2v) is 16.0. The molecule has 0 fully saturated rings. The molecule has 0 saturated carbocycles. The van der Waals surface area contributed by atoms with Gasteiger partial charge in [0.05, 0.1) is 11.1 Å². The lowest BCUT2D eigenvalue weighted by Crippen LogP contribution is -2.26. The summed E-state index contributed by atoms with van der Waals surface area (Å²) in [7, 11) is 0. The standard InChI is InChI=1S/C59H40N2/c1-5-19-41(20-6-1)42-33-35-47(36-34-42)61(46-26-11-4-12-27-46)58-49-28-14-13-21-43(49)39-56-57(58)51-30-16-18-32-54(51)59(56)53-31-17-15-29-50(53)52-40-48(37-38-55(52)59)60(44-22-7-2-8-23-44)45-24-9-3-10-25-45/h1-40H. The molecule has 2 heteroatoms. The van der Waals surface area contributed by atoms with Gasteiger partial charge in [-0.15, -0.1) is 0 Å². The van der Waals surface area contributed by atoms with Crippen molar-refractivity contribution < 1.29 is 0 Å². The van der Waals surface area contributed by atoms with Crippen LogP contribution in [0.25, 0.3) is 44.2 Å². The summed E-state index contributed by atoms with van der Waals surface area (Å²) in [5.74, 6) is 0. The fourth-order valence-electron chi connectivity index (χ4n) is 10.3. The molecular formula is C59H40N2. The van der Waals surface area contributed by atoms with Crippen molar-refractivity contribution in [2.45, 2.75) is 5.41 Å². The molecule has 286 valence electrons. The summed E-state index contributed by atoms with van der Waals surface area (Å²) in [4.78, 5) is 4.87. The lowest BCUT2D eigenvalue weighted by molar-refractivity contribution is 0.795. The van der Waals surface area contributed by atoms with Crippen LogP contribution in [-0.2, 0) is 5.41 Å². The van der Waals surface area contributed by atoms with E-state index in [1.54, 1.807) is 0 Å². The van der Waals surface area contributed by atoms with E-state index in [0.717, 1.165) is 28.4 Å². The van der Waals surface area contributed by atoms with Gasteiger partial charge in [0.15, 0.2) is 0 Å². The normalized spacial score (nSPS) is 14.3. The van der Waals surface area contributed by atoms with Crippen LogP contribution in [0.15, 0.2) is 243 Å². The number of anilines is 6. The van der Waals surface area contributed by atoms with E-state index in [1.165, 1.54) is 72.1 Å². The molecule has 0 saturated heterocycles. The Labute approximate surface area is 356 Å². The monoisotopic (exact) mass is 776 g/mol. The fraction of sp³-hybridized carbons (Fsp3) is 0.0169. The molecule has 0 radical (unpaired) electrons. The molecule has 0 N–H and O–H groups in total. The molecule has 2 nitrogen and oxygen atoms in total. The fourth-order valence-corrected chi connectivity index (χ4v) is 10.3. The molecule has 2 aliphatic rings. The molecule has 0 aromatic heterocycles. The van der Waals surface area contributed by atoms with Crippen LogP contribution in [0.1, 0.15) is 22.3 Å². The third-order valence-electron chi connectivity index (χ3n) is 12.8. The second-order valence-electron chi connectivity index (χ2n) is 16.0. The zero-order valence-corrected chi connectivity index (χ0v) is 33.5. The van der Waals surface area contributed by atoms with Crippen molar-refractivity contribution in [2.24, 2.45) is 0 Å². The smallest absolute Gasteiger partial charge is 0.0726 e. The molecule has 10 aromatic carbocycles. The second kappa shape index (κ2) is 14.1. The van der Waals surface area contributed by atoms with Gasteiger partial charge in [0, 0.05) is 39.4 Å². The maximum Gasteiger partial charge on any atom is 0.0726 e. The lowest BCUT2D eigenvalue weighted by atomic mass is 9.70. The topological polar surface area (TPSA) is 6.48 Å². The van der Waals surface area contributed by atoms with E-state index >= 15 is 0 Å². The van der Waals surface area contributed by atoms with Gasteiger partial charge in [0.25, 0.3) is 0 Å². The van der Waals surface area contributed by atoms with Gasteiger partial charge in [-0.25, -0.2) is 0 Å². The summed E-state index contributed by atoms with van der Waals surface area (Å²) in [5, 5.41) is 2.43. The van der Waals surface area contributed by atoms with Crippen molar-refractivity contribution >= 4 is 44.9 Å². The minimum Gasteiger partial charge on any atom is -0.310 e. The Morgan fingerprint density at radius 1 is 0.279 bits per heavy atom. The molecule has 1 atom stereocenters. The van der Waals surface area contributed by atoms with E-state index in [0.29, 0.717) is 0 Å². The Bertz CT molecular complexity index is 3190. The average molecular weight is 777 g/mol. The number of benzene rings is 10. The maximum atomic E-state index is 2.50. The molecule has 61 heavy (non-hydrogen) atoms. The summed E-state index contributed by atoms with van der Waals surface area (Å²) < 4.78 is 0. The highest BCUT2D eigenvalue weighted by Gasteiger charge is 2.53. The van der Waals surface area contributed by atoms with E-state index in [4.69, 9.17) is 0 Å². The van der Waals surface area contributed by atoms with E-state index < -0.39 is 5.41 Å². The zero-order valence-electron chi connectivity index (χ0n) is 33.5. The quantitative estimate of drug-likeness (QED) is 0.159. The Balaban J connectivity index is 1.14. The zero-order chi connectivity index (χ0) is 40.3. The van der Waals surface area contributed by atoms with Gasteiger partial charge in [-0.1, -0.05) is 176 Å². The van der Waals surface area contributed by atoms with E-state index in [-0.39, 0.29) is 0 Å². The summed E-state index contributed by atoms with van der Waals surface area (Å²) in [5.41, 5.74) is 19.0. The molecule has 1 unspecified atom stereocenters. The number of para-hydroxylation sites is 3. The first-order valence-corrected chi connectivity index (χ1v) is 21.1. The SMILES string of the molecule is c1ccc(-c2ccc(N(c3ccccc3)c3c4c(cc5ccccc35)C3(c5ccccc5-c5cc(N(c6ccccc6)c6ccccc6)ccc53)c3ccccc3-4)cc2)cc1. The van der Waals surface area contributed by atoms with E-state index in [2.05, 4.69) is 252 Å². The molecular weight excluding hydrogens is 737 g/mol. The lowest BCUT2D eigenvalue weighted by Gasteiger charge is -2.33. The summed E-state index contributed by atoms with van der Waals surface area (Å²) in [6.07, 6.45) is 0. The van der Waals surface area contributed by atoms with Crippen LogP contribution in [0.4, 0.5) is 34.1 Å². The van der Waals surface area contributed by atoms with Gasteiger partial charge in [0.2, 0.25) is 0 Å². The molecule has 10 aromatic rings. The van der Waals surface area contributed by atoms with Crippen molar-refractivity contribution in [1.82, 2.24) is 0 Å². The van der Waals surface area contributed by atoms with Gasteiger partial charge in [-0.3, -0.25) is 0 Å². The summed E-state index contributed by atoms with van der Waals surface area (Å²) >= 11 is 0. The van der Waals surface area contributed by atoms with Gasteiger partial charge < -0.3 is 9.80 Å². The number of hydrogen-bond donors (Lipinski definition) is 0. The average Bonchev–Trinajstić information content (AvgIpc) is 3.80. The number of nitrogens with zero attached hydrogens (tertiary/aromatic N) is 2. The predicted octanol–water partition coefficient (Wildman–Crippen LogP) is 15.8. The molecule has 0 aliphatic heterocycles. The van der Waals surface area contributed by atoms with Crippen LogP contribution >= 0.6 is 0 Å². The van der Waals surface area contributed by atoms with Crippen molar-refractivity contribution in [3.8, 4) is 33.4 Å². The molecule has 0 amide bonds. The van der Waals surface area contributed by atoms with Gasteiger partial charge in [0.1, 0.15) is 0 Å².